The van der Waals surface area contributed by atoms with Gasteiger partial charge < -0.3 is 4.52 Å². The lowest BCUT2D eigenvalue weighted by Crippen LogP contribution is -2.32. The van der Waals surface area contributed by atoms with E-state index in [1.807, 2.05) is 46.8 Å². The van der Waals surface area contributed by atoms with E-state index in [0.29, 0.717) is 17.9 Å². The molecule has 1 atom stereocenters. The minimum atomic E-state index is -3.57. The zero-order valence-corrected chi connectivity index (χ0v) is 16.4. The van der Waals surface area contributed by atoms with E-state index in [1.165, 1.54) is 0 Å². The molecule has 1 aromatic heterocycles. The van der Waals surface area contributed by atoms with Crippen molar-refractivity contribution in [2.75, 3.05) is 6.54 Å². The number of benzene rings is 1. The Kier molecular flexibility index (Phi) is 4.77. The third kappa shape index (κ3) is 3.02. The Morgan fingerprint density at radius 1 is 1.20 bits per heavy atom. The predicted molar refractivity (Wildman–Crippen MR) is 97.1 cm³/mol. The summed E-state index contributed by atoms with van der Waals surface area (Å²) in [5.41, 5.74) is 4.43. The summed E-state index contributed by atoms with van der Waals surface area (Å²) in [7, 11) is -3.57. The van der Waals surface area contributed by atoms with Crippen molar-refractivity contribution >= 4 is 10.0 Å². The van der Waals surface area contributed by atoms with Gasteiger partial charge in [-0.05, 0) is 51.7 Å². The number of hydrogen-bond acceptors (Lipinski definition) is 4. The van der Waals surface area contributed by atoms with Crippen molar-refractivity contribution in [3.63, 3.8) is 0 Å². The molecule has 5 nitrogen and oxygen atoms in total. The van der Waals surface area contributed by atoms with Gasteiger partial charge in [0.15, 0.2) is 0 Å². The molecule has 2 heterocycles. The maximum atomic E-state index is 13.5. The largest absolute Gasteiger partial charge is 0.361 e. The van der Waals surface area contributed by atoms with Crippen LogP contribution in [0.1, 0.15) is 59.5 Å². The third-order valence-electron chi connectivity index (χ3n) is 5.01. The molecule has 1 unspecified atom stereocenters. The van der Waals surface area contributed by atoms with Crippen molar-refractivity contribution in [1.82, 2.24) is 9.46 Å². The van der Waals surface area contributed by atoms with Gasteiger partial charge in [0.05, 0.1) is 16.6 Å². The smallest absolute Gasteiger partial charge is 0.244 e. The first-order valence-corrected chi connectivity index (χ1v) is 10.3. The third-order valence-corrected chi connectivity index (χ3v) is 7.23. The normalized spacial score (nSPS) is 18.8. The molecule has 1 aromatic carbocycles. The first kappa shape index (κ1) is 18.1. The van der Waals surface area contributed by atoms with Crippen LogP contribution in [0.5, 0.6) is 0 Å². The SMILES string of the molecule is CCc1onc(C)c1C1CCCN1S(=O)(=O)c1c(C)cc(C)cc1C. The van der Waals surface area contributed by atoms with E-state index in [9.17, 15) is 8.42 Å². The molecule has 0 spiro atoms. The van der Waals surface area contributed by atoms with Gasteiger partial charge in [-0.3, -0.25) is 0 Å². The average Bonchev–Trinajstić information content (AvgIpc) is 3.11. The topological polar surface area (TPSA) is 63.4 Å². The van der Waals surface area contributed by atoms with Crippen LogP contribution in [0.15, 0.2) is 21.6 Å². The Bertz CT molecular complexity index is 876. The van der Waals surface area contributed by atoms with Crippen LogP contribution < -0.4 is 0 Å². The molecule has 1 aliphatic heterocycles. The first-order valence-electron chi connectivity index (χ1n) is 8.82. The lowest BCUT2D eigenvalue weighted by Gasteiger charge is -2.26. The summed E-state index contributed by atoms with van der Waals surface area (Å²) in [6.45, 7) is 10.2. The quantitative estimate of drug-likeness (QED) is 0.825. The maximum Gasteiger partial charge on any atom is 0.244 e. The van der Waals surface area contributed by atoms with Gasteiger partial charge >= 0.3 is 0 Å². The van der Waals surface area contributed by atoms with Crippen molar-refractivity contribution in [1.29, 1.82) is 0 Å². The van der Waals surface area contributed by atoms with Crippen molar-refractivity contribution < 1.29 is 12.9 Å². The van der Waals surface area contributed by atoms with E-state index in [0.717, 1.165) is 46.5 Å². The second kappa shape index (κ2) is 6.57. The maximum absolute atomic E-state index is 13.5. The molecule has 136 valence electrons. The van der Waals surface area contributed by atoms with Crippen molar-refractivity contribution in [2.45, 2.75) is 64.8 Å². The second-order valence-corrected chi connectivity index (χ2v) is 8.79. The molecule has 0 radical (unpaired) electrons. The summed E-state index contributed by atoms with van der Waals surface area (Å²) in [6.07, 6.45) is 2.36. The Balaban J connectivity index is 2.10. The van der Waals surface area contributed by atoms with Crippen molar-refractivity contribution in [3.05, 3.63) is 45.8 Å². The molecule has 0 N–H and O–H groups in total. The highest BCUT2D eigenvalue weighted by molar-refractivity contribution is 7.89. The monoisotopic (exact) mass is 362 g/mol. The van der Waals surface area contributed by atoms with Crippen LogP contribution >= 0.6 is 0 Å². The standard InChI is InChI=1S/C19H26N2O3S/c1-6-17-18(15(5)20-24-17)16-8-7-9-21(16)25(22,23)19-13(3)10-12(2)11-14(19)4/h10-11,16H,6-9H2,1-5H3. The lowest BCUT2D eigenvalue weighted by atomic mass is 10.0. The fraction of sp³-hybridized carbons (Fsp3) is 0.526. The van der Waals surface area contributed by atoms with Gasteiger partial charge in [0.2, 0.25) is 10.0 Å². The molecule has 6 heteroatoms. The van der Waals surface area contributed by atoms with Crippen LogP contribution in [0.2, 0.25) is 0 Å². The van der Waals surface area contributed by atoms with E-state index >= 15 is 0 Å². The Labute approximate surface area is 150 Å². The minimum absolute atomic E-state index is 0.189. The number of rotatable bonds is 4. The molecule has 2 aromatic rings. The van der Waals surface area contributed by atoms with Gasteiger partial charge in [-0.15, -0.1) is 0 Å². The molecule has 25 heavy (non-hydrogen) atoms. The highest BCUT2D eigenvalue weighted by Gasteiger charge is 2.40. The molecule has 3 rings (SSSR count). The van der Waals surface area contributed by atoms with Crippen molar-refractivity contribution in [2.24, 2.45) is 0 Å². The number of hydrogen-bond donors (Lipinski definition) is 0. The highest BCUT2D eigenvalue weighted by atomic mass is 32.2. The number of aryl methyl sites for hydroxylation is 5. The molecular formula is C19H26N2O3S. The summed E-state index contributed by atoms with van der Waals surface area (Å²) >= 11 is 0. The molecule has 1 saturated heterocycles. The first-order chi connectivity index (χ1) is 11.8. The van der Waals surface area contributed by atoms with Gasteiger partial charge in [-0.1, -0.05) is 29.8 Å². The van der Waals surface area contributed by atoms with Crippen LogP contribution in [0.3, 0.4) is 0 Å². The Morgan fingerprint density at radius 3 is 2.44 bits per heavy atom. The molecule has 1 fully saturated rings. The van der Waals surface area contributed by atoms with Gasteiger partial charge in [0.25, 0.3) is 0 Å². The zero-order valence-electron chi connectivity index (χ0n) is 15.6. The number of aromatic nitrogens is 1. The lowest BCUT2D eigenvalue weighted by molar-refractivity contribution is 0.367. The number of sulfonamides is 1. The molecule has 0 amide bonds. The van der Waals surface area contributed by atoms with E-state index < -0.39 is 10.0 Å². The van der Waals surface area contributed by atoms with Crippen LogP contribution in [-0.4, -0.2) is 24.4 Å². The van der Waals surface area contributed by atoms with Gasteiger partial charge in [-0.2, -0.15) is 4.31 Å². The molecular weight excluding hydrogens is 336 g/mol. The van der Waals surface area contributed by atoms with Gasteiger partial charge in [0, 0.05) is 18.5 Å². The van der Waals surface area contributed by atoms with E-state index in [4.69, 9.17) is 4.52 Å². The van der Waals surface area contributed by atoms with Crippen molar-refractivity contribution in [3.8, 4) is 0 Å². The summed E-state index contributed by atoms with van der Waals surface area (Å²) in [5.74, 6) is 0.793. The average molecular weight is 362 g/mol. The molecule has 0 bridgehead atoms. The Hall–Kier alpha value is -1.66. The van der Waals surface area contributed by atoms with Gasteiger partial charge in [-0.25, -0.2) is 8.42 Å². The van der Waals surface area contributed by atoms with E-state index in [2.05, 4.69) is 5.16 Å². The molecule has 0 saturated carbocycles. The Morgan fingerprint density at radius 2 is 1.84 bits per heavy atom. The van der Waals surface area contributed by atoms with Crippen LogP contribution in [-0.2, 0) is 16.4 Å². The zero-order chi connectivity index (χ0) is 18.4. The van der Waals surface area contributed by atoms with Gasteiger partial charge in [0.1, 0.15) is 5.76 Å². The molecule has 0 aliphatic carbocycles. The highest BCUT2D eigenvalue weighted by Crippen LogP contribution is 2.40. The number of nitrogens with zero attached hydrogens (tertiary/aromatic N) is 2. The van der Waals surface area contributed by atoms with E-state index in [-0.39, 0.29) is 6.04 Å². The summed E-state index contributed by atoms with van der Waals surface area (Å²) in [4.78, 5) is 0.442. The van der Waals surface area contributed by atoms with Crippen LogP contribution in [0.4, 0.5) is 0 Å². The van der Waals surface area contributed by atoms with E-state index in [1.54, 1.807) is 4.31 Å². The summed E-state index contributed by atoms with van der Waals surface area (Å²) in [6, 6.07) is 3.69. The van der Waals surface area contributed by atoms with Crippen LogP contribution in [0.25, 0.3) is 0 Å². The summed E-state index contributed by atoms with van der Waals surface area (Å²) < 4.78 is 34.0. The summed E-state index contributed by atoms with van der Waals surface area (Å²) in [5, 5.41) is 4.07. The minimum Gasteiger partial charge on any atom is -0.361 e. The van der Waals surface area contributed by atoms with Crippen LogP contribution in [0, 0.1) is 27.7 Å². The fourth-order valence-electron chi connectivity index (χ4n) is 4.11. The second-order valence-electron chi connectivity index (χ2n) is 6.96. The predicted octanol–water partition coefficient (Wildman–Crippen LogP) is 4.00. The fourth-order valence-corrected chi connectivity index (χ4v) is 6.19. The molecule has 1 aliphatic rings.